The Kier molecular flexibility index (Phi) is 6.01. The number of hydrogen-bond donors (Lipinski definition) is 0. The summed E-state index contributed by atoms with van der Waals surface area (Å²) in [5.41, 5.74) is 4.66. The summed E-state index contributed by atoms with van der Waals surface area (Å²) < 4.78 is 1.63. The second kappa shape index (κ2) is 6.58. The van der Waals surface area contributed by atoms with Crippen LogP contribution in [0.2, 0.25) is 0 Å². The molecule has 0 aliphatic rings. The summed E-state index contributed by atoms with van der Waals surface area (Å²) in [6.45, 7) is 13.8. The summed E-state index contributed by atoms with van der Waals surface area (Å²) in [6.07, 6.45) is 0. The van der Waals surface area contributed by atoms with Crippen LogP contribution in [-0.2, 0) is 0 Å². The number of benzene rings is 1. The van der Waals surface area contributed by atoms with Crippen molar-refractivity contribution in [2.75, 3.05) is 0 Å². The van der Waals surface area contributed by atoms with E-state index in [2.05, 4.69) is 74.0 Å². The Morgan fingerprint density at radius 1 is 0.824 bits per heavy atom. The molecule has 17 heavy (non-hydrogen) atoms. The summed E-state index contributed by atoms with van der Waals surface area (Å²) in [5.74, 6) is 1.90. The molecule has 0 saturated carbocycles. The molecule has 0 unspecified atom stereocenters. The van der Waals surface area contributed by atoms with E-state index in [1.54, 1.807) is 15.6 Å². The number of rotatable bonds is 4. The Balaban J connectivity index is 3.46. The Labute approximate surface area is 124 Å². The van der Waals surface area contributed by atoms with Gasteiger partial charge in [-0.1, -0.05) is 0 Å². The average Bonchev–Trinajstić information content (AvgIpc) is 2.26. The Morgan fingerprint density at radius 3 is 1.47 bits per heavy atom. The van der Waals surface area contributed by atoms with Gasteiger partial charge in [0.1, 0.15) is 0 Å². The first kappa shape index (κ1) is 15.5. The fourth-order valence-electron chi connectivity index (χ4n) is 1.98. The fourth-order valence-corrected chi connectivity index (χ4v) is 6.23. The van der Waals surface area contributed by atoms with Crippen LogP contribution >= 0.6 is 20.3 Å². The summed E-state index contributed by atoms with van der Waals surface area (Å²) in [6, 6.07) is 4.88. The molecule has 96 valence electrons. The second-order valence-corrected chi connectivity index (χ2v) is 9.04. The molecule has 1 rings (SSSR count). The molecule has 0 radical (unpaired) electrons. The van der Waals surface area contributed by atoms with Gasteiger partial charge in [-0.25, -0.2) is 0 Å². The fraction of sp³-hybridized carbons (Fsp3) is 0.600. The van der Waals surface area contributed by atoms with Crippen LogP contribution in [0.1, 0.15) is 76.0 Å². The van der Waals surface area contributed by atoms with Gasteiger partial charge < -0.3 is 0 Å². The van der Waals surface area contributed by atoms with Crippen molar-refractivity contribution in [2.24, 2.45) is 0 Å². The first-order valence-electron chi connectivity index (χ1n) is 6.34. The van der Waals surface area contributed by atoms with Crippen molar-refractivity contribution in [3.8, 4) is 0 Å². The van der Waals surface area contributed by atoms with Crippen molar-refractivity contribution < 1.29 is 0 Å². The zero-order valence-electron chi connectivity index (χ0n) is 11.7. The van der Waals surface area contributed by atoms with Gasteiger partial charge in [-0.15, -0.1) is 0 Å². The van der Waals surface area contributed by atoms with Crippen molar-refractivity contribution in [1.29, 1.82) is 0 Å². The van der Waals surface area contributed by atoms with Crippen molar-refractivity contribution in [3.63, 3.8) is 0 Å². The quantitative estimate of drug-likeness (QED) is 0.498. The van der Waals surface area contributed by atoms with E-state index < -0.39 is 0 Å². The van der Waals surface area contributed by atoms with Crippen LogP contribution in [0.25, 0.3) is 0 Å². The van der Waals surface area contributed by atoms with Crippen LogP contribution in [-0.4, -0.2) is 11.7 Å². The van der Waals surface area contributed by atoms with Crippen molar-refractivity contribution in [2.45, 2.75) is 59.3 Å². The predicted molar refractivity (Wildman–Crippen MR) is 88.1 cm³/mol. The van der Waals surface area contributed by atoms with Gasteiger partial charge in [0.2, 0.25) is 0 Å². The molecule has 0 atom stereocenters. The van der Waals surface area contributed by atoms with E-state index in [1.807, 2.05) is 0 Å². The van der Waals surface area contributed by atoms with Gasteiger partial charge in [0.25, 0.3) is 0 Å². The Morgan fingerprint density at radius 2 is 1.24 bits per heavy atom. The van der Waals surface area contributed by atoms with E-state index >= 15 is 0 Å². The standard InChI is InChI=1S/C15H23ISe/c1-9(2)12-7-13(10(3)4)15(17-16)14(8-12)11(5)6/h7-11H,1-6H3. The summed E-state index contributed by atoms with van der Waals surface area (Å²) in [5, 5.41) is 0. The third-order valence-electron chi connectivity index (χ3n) is 3.16. The van der Waals surface area contributed by atoms with Gasteiger partial charge in [0.15, 0.2) is 0 Å². The van der Waals surface area contributed by atoms with Crippen LogP contribution in [0.15, 0.2) is 12.1 Å². The SMILES string of the molecule is CC(C)c1cc(C(C)C)c([Se]I)c(C(C)C)c1. The molecule has 0 aliphatic carbocycles. The molecule has 0 bridgehead atoms. The summed E-state index contributed by atoms with van der Waals surface area (Å²) >= 11 is 3.12. The summed E-state index contributed by atoms with van der Waals surface area (Å²) in [7, 11) is 0. The van der Waals surface area contributed by atoms with E-state index in [9.17, 15) is 0 Å². The maximum atomic E-state index is 2.56. The van der Waals surface area contributed by atoms with Crippen LogP contribution in [0.5, 0.6) is 0 Å². The zero-order chi connectivity index (χ0) is 13.2. The average molecular weight is 409 g/mol. The molecule has 0 nitrogen and oxygen atoms in total. The zero-order valence-corrected chi connectivity index (χ0v) is 15.5. The van der Waals surface area contributed by atoms with Crippen molar-refractivity contribution in [1.82, 2.24) is 0 Å². The predicted octanol–water partition coefficient (Wildman–Crippen LogP) is 4.74. The van der Waals surface area contributed by atoms with Gasteiger partial charge in [0.05, 0.1) is 0 Å². The molecular formula is C15H23ISe. The first-order valence-corrected chi connectivity index (χ1v) is 12.4. The molecular weight excluding hydrogens is 386 g/mol. The van der Waals surface area contributed by atoms with Crippen LogP contribution in [0, 0.1) is 0 Å². The number of hydrogen-bond acceptors (Lipinski definition) is 0. The van der Waals surface area contributed by atoms with Crippen molar-refractivity contribution >= 4 is 36.5 Å². The van der Waals surface area contributed by atoms with Gasteiger partial charge in [0, 0.05) is 0 Å². The van der Waals surface area contributed by atoms with Crippen molar-refractivity contribution in [3.05, 3.63) is 28.8 Å². The molecule has 0 aliphatic heterocycles. The van der Waals surface area contributed by atoms with E-state index in [0.717, 1.165) is 0 Å². The first-order chi connectivity index (χ1) is 7.88. The molecule has 1 aromatic carbocycles. The molecule has 0 saturated heterocycles. The van der Waals surface area contributed by atoms with Gasteiger partial charge in [-0.2, -0.15) is 0 Å². The number of halogens is 1. The van der Waals surface area contributed by atoms with Gasteiger partial charge in [-0.05, 0) is 0 Å². The van der Waals surface area contributed by atoms with Crippen LogP contribution in [0.3, 0.4) is 0 Å². The molecule has 0 spiro atoms. The molecule has 0 N–H and O–H groups in total. The molecule has 0 heterocycles. The van der Waals surface area contributed by atoms with E-state index in [1.165, 1.54) is 5.56 Å². The molecule has 0 fully saturated rings. The topological polar surface area (TPSA) is 0 Å². The third kappa shape index (κ3) is 3.71. The Bertz CT molecular complexity index is 352. The Hall–Kier alpha value is 0.469. The van der Waals surface area contributed by atoms with Gasteiger partial charge >= 0.3 is 125 Å². The maximum absolute atomic E-state index is 2.56. The molecule has 1 aromatic rings. The molecule has 2 heteroatoms. The van der Waals surface area contributed by atoms with E-state index in [0.29, 0.717) is 29.5 Å². The van der Waals surface area contributed by atoms with Crippen LogP contribution in [0.4, 0.5) is 0 Å². The monoisotopic (exact) mass is 410 g/mol. The molecule has 0 amide bonds. The van der Waals surface area contributed by atoms with E-state index in [4.69, 9.17) is 0 Å². The van der Waals surface area contributed by atoms with E-state index in [-0.39, 0.29) is 0 Å². The summed E-state index contributed by atoms with van der Waals surface area (Å²) in [4.78, 5) is 0. The van der Waals surface area contributed by atoms with Gasteiger partial charge in [-0.3, -0.25) is 0 Å². The normalized spacial score (nSPS) is 11.9. The molecule has 0 aromatic heterocycles. The van der Waals surface area contributed by atoms with Crippen LogP contribution < -0.4 is 4.46 Å². The minimum atomic E-state index is 0.562. The second-order valence-electron chi connectivity index (χ2n) is 5.57. The minimum absolute atomic E-state index is 0.562. The third-order valence-corrected chi connectivity index (χ3v) is 6.76.